The fourth-order valence-corrected chi connectivity index (χ4v) is 1.18. The second-order valence-corrected chi connectivity index (χ2v) is 3.25. The molecule has 3 heteroatoms. The number of hydrogen-bond acceptors (Lipinski definition) is 3. The van der Waals surface area contributed by atoms with Gasteiger partial charge in [-0.2, -0.15) is 0 Å². The van der Waals surface area contributed by atoms with E-state index in [2.05, 4.69) is 11.8 Å². The van der Waals surface area contributed by atoms with Crippen molar-refractivity contribution in [3.63, 3.8) is 0 Å². The maximum Gasteiger partial charge on any atom is 0.317 e. The van der Waals surface area contributed by atoms with E-state index in [1.54, 1.807) is 26.0 Å². The predicted molar refractivity (Wildman–Crippen MR) is 61.0 cm³/mol. The summed E-state index contributed by atoms with van der Waals surface area (Å²) < 4.78 is 4.73. The minimum Gasteiger partial charge on any atom is -0.506 e. The number of phenolic OH excluding ortho intramolecular Hbond substituents is 1. The molecular formula is C13H14O3. The zero-order valence-corrected chi connectivity index (χ0v) is 9.41. The molecule has 0 bridgehead atoms. The van der Waals surface area contributed by atoms with Gasteiger partial charge in [0.2, 0.25) is 0 Å². The lowest BCUT2D eigenvalue weighted by Crippen LogP contribution is -2.01. The zero-order chi connectivity index (χ0) is 12.0. The van der Waals surface area contributed by atoms with E-state index in [0.717, 1.165) is 5.56 Å². The van der Waals surface area contributed by atoms with Crippen molar-refractivity contribution in [2.75, 3.05) is 6.61 Å². The Hall–Kier alpha value is -1.95. The Bertz CT molecular complexity index is 438. The third kappa shape index (κ3) is 3.32. The summed E-state index contributed by atoms with van der Waals surface area (Å²) in [4.78, 5) is 11.0. The molecule has 1 N–H and O–H groups in total. The third-order valence-corrected chi connectivity index (χ3v) is 2.00. The van der Waals surface area contributed by atoms with Gasteiger partial charge in [-0.25, -0.2) is 0 Å². The largest absolute Gasteiger partial charge is 0.506 e. The highest BCUT2D eigenvalue weighted by Crippen LogP contribution is 2.19. The molecule has 0 unspecified atom stereocenters. The molecule has 1 aromatic rings. The summed E-state index contributed by atoms with van der Waals surface area (Å²) in [7, 11) is 0. The molecule has 16 heavy (non-hydrogen) atoms. The van der Waals surface area contributed by atoms with Crippen LogP contribution in [0.25, 0.3) is 0 Å². The van der Waals surface area contributed by atoms with Gasteiger partial charge in [-0.1, -0.05) is 24.0 Å². The number of esters is 1. The normalized spacial score (nSPS) is 9.12. The fraction of sp³-hybridized carbons (Fsp3) is 0.308. The number of aromatic hydroxyl groups is 1. The van der Waals surface area contributed by atoms with E-state index in [1.807, 2.05) is 6.07 Å². The van der Waals surface area contributed by atoms with E-state index in [0.29, 0.717) is 12.2 Å². The predicted octanol–water partition coefficient (Wildman–Crippen LogP) is 2.01. The molecule has 0 saturated heterocycles. The first-order valence-electron chi connectivity index (χ1n) is 5.08. The lowest BCUT2D eigenvalue weighted by atomic mass is 10.1. The van der Waals surface area contributed by atoms with Crippen molar-refractivity contribution in [2.24, 2.45) is 0 Å². The average molecular weight is 218 g/mol. The second-order valence-electron chi connectivity index (χ2n) is 3.25. The number of carbonyl (C=O) groups is 1. The molecule has 0 aliphatic carbocycles. The summed E-state index contributed by atoms with van der Waals surface area (Å²) in [5.74, 6) is 5.23. The Balaban J connectivity index is 2.70. The number of benzene rings is 1. The van der Waals surface area contributed by atoms with Gasteiger partial charge in [-0.05, 0) is 25.5 Å². The minimum absolute atomic E-state index is 0.0429. The van der Waals surface area contributed by atoms with Crippen LogP contribution < -0.4 is 0 Å². The summed E-state index contributed by atoms with van der Waals surface area (Å²) in [5, 5.41) is 9.65. The highest BCUT2D eigenvalue weighted by molar-refractivity contribution is 5.72. The van der Waals surface area contributed by atoms with Crippen LogP contribution in [0.4, 0.5) is 0 Å². The lowest BCUT2D eigenvalue weighted by Gasteiger charge is -1.99. The molecule has 84 valence electrons. The topological polar surface area (TPSA) is 46.5 Å². The lowest BCUT2D eigenvalue weighted by molar-refractivity contribution is -0.141. The van der Waals surface area contributed by atoms with Gasteiger partial charge < -0.3 is 9.84 Å². The van der Waals surface area contributed by atoms with Crippen molar-refractivity contribution >= 4 is 5.97 Å². The molecule has 0 radical (unpaired) electrons. The van der Waals surface area contributed by atoms with Crippen molar-refractivity contribution in [1.29, 1.82) is 0 Å². The first kappa shape index (κ1) is 12.1. The smallest absolute Gasteiger partial charge is 0.317 e. The van der Waals surface area contributed by atoms with Gasteiger partial charge in [0.15, 0.2) is 0 Å². The van der Waals surface area contributed by atoms with Crippen molar-refractivity contribution in [3.05, 3.63) is 29.3 Å². The van der Waals surface area contributed by atoms with E-state index in [1.165, 1.54) is 0 Å². The van der Waals surface area contributed by atoms with Crippen LogP contribution in [0.5, 0.6) is 5.75 Å². The van der Waals surface area contributed by atoms with Gasteiger partial charge in [-0.3, -0.25) is 4.79 Å². The summed E-state index contributed by atoms with van der Waals surface area (Å²) in [5.41, 5.74) is 1.30. The summed E-state index contributed by atoms with van der Waals surface area (Å²) >= 11 is 0. The van der Waals surface area contributed by atoms with Crippen LogP contribution in [0.1, 0.15) is 24.5 Å². The highest BCUT2D eigenvalue weighted by atomic mass is 16.5. The van der Waals surface area contributed by atoms with Crippen molar-refractivity contribution in [3.8, 4) is 17.6 Å². The maximum atomic E-state index is 11.0. The zero-order valence-electron chi connectivity index (χ0n) is 9.41. The van der Waals surface area contributed by atoms with E-state index in [-0.39, 0.29) is 18.1 Å². The summed E-state index contributed by atoms with van der Waals surface area (Å²) in [6.07, 6.45) is 0.0429. The summed E-state index contributed by atoms with van der Waals surface area (Å²) in [6.45, 7) is 3.90. The molecule has 0 aliphatic heterocycles. The Morgan fingerprint density at radius 3 is 2.94 bits per heavy atom. The van der Waals surface area contributed by atoms with Crippen LogP contribution in [0.2, 0.25) is 0 Å². The standard InChI is InChI=1S/C13H14O3/c1-3-16-12(14)9-5-8-11-7-4-6-10(2)13(11)15/h4,6-7,15H,3,9H2,1-2H3. The first-order chi connectivity index (χ1) is 7.65. The van der Waals surface area contributed by atoms with Gasteiger partial charge in [0.05, 0.1) is 12.2 Å². The number of rotatable bonds is 2. The number of aryl methyl sites for hydroxylation is 1. The van der Waals surface area contributed by atoms with E-state index < -0.39 is 0 Å². The third-order valence-electron chi connectivity index (χ3n) is 2.00. The number of ether oxygens (including phenoxy) is 1. The molecule has 0 aromatic heterocycles. The Labute approximate surface area is 95.1 Å². The van der Waals surface area contributed by atoms with Crippen LogP contribution in [0.3, 0.4) is 0 Å². The van der Waals surface area contributed by atoms with Crippen LogP contribution in [0, 0.1) is 18.8 Å². The molecular weight excluding hydrogens is 204 g/mol. The van der Waals surface area contributed by atoms with Crippen LogP contribution in [-0.2, 0) is 9.53 Å². The molecule has 0 amide bonds. The molecule has 0 heterocycles. The molecule has 1 rings (SSSR count). The first-order valence-corrected chi connectivity index (χ1v) is 5.08. The number of hydrogen-bond donors (Lipinski definition) is 1. The Kier molecular flexibility index (Phi) is 4.41. The highest BCUT2D eigenvalue weighted by Gasteiger charge is 2.00. The van der Waals surface area contributed by atoms with E-state index >= 15 is 0 Å². The van der Waals surface area contributed by atoms with Crippen molar-refractivity contribution in [1.82, 2.24) is 0 Å². The second kappa shape index (κ2) is 5.82. The fourth-order valence-electron chi connectivity index (χ4n) is 1.18. The monoisotopic (exact) mass is 218 g/mol. The van der Waals surface area contributed by atoms with Gasteiger partial charge in [0, 0.05) is 0 Å². The van der Waals surface area contributed by atoms with Crippen molar-refractivity contribution in [2.45, 2.75) is 20.3 Å². The molecule has 0 atom stereocenters. The Morgan fingerprint density at radius 2 is 2.25 bits per heavy atom. The molecule has 0 aliphatic rings. The van der Waals surface area contributed by atoms with Crippen LogP contribution >= 0.6 is 0 Å². The number of para-hydroxylation sites is 1. The van der Waals surface area contributed by atoms with Crippen LogP contribution in [0.15, 0.2) is 18.2 Å². The molecule has 0 saturated carbocycles. The quantitative estimate of drug-likeness (QED) is 0.610. The minimum atomic E-state index is -0.345. The van der Waals surface area contributed by atoms with Crippen LogP contribution in [-0.4, -0.2) is 17.7 Å². The molecule has 0 spiro atoms. The maximum absolute atomic E-state index is 11.0. The molecule has 1 aromatic carbocycles. The van der Waals surface area contributed by atoms with E-state index in [4.69, 9.17) is 4.74 Å². The van der Waals surface area contributed by atoms with E-state index in [9.17, 15) is 9.90 Å². The number of carbonyl (C=O) groups excluding carboxylic acids is 1. The Morgan fingerprint density at radius 1 is 1.50 bits per heavy atom. The SMILES string of the molecule is CCOC(=O)CC#Cc1cccc(C)c1O. The average Bonchev–Trinajstić information content (AvgIpc) is 2.25. The summed E-state index contributed by atoms with van der Waals surface area (Å²) in [6, 6.07) is 5.32. The van der Waals surface area contributed by atoms with Crippen molar-refractivity contribution < 1.29 is 14.6 Å². The molecule has 3 nitrogen and oxygen atoms in total. The number of phenols is 1. The van der Waals surface area contributed by atoms with Gasteiger partial charge in [0.1, 0.15) is 12.2 Å². The molecule has 0 fully saturated rings. The van der Waals surface area contributed by atoms with Gasteiger partial charge in [-0.15, -0.1) is 0 Å². The van der Waals surface area contributed by atoms with Gasteiger partial charge >= 0.3 is 5.97 Å². The van der Waals surface area contributed by atoms with Gasteiger partial charge in [0.25, 0.3) is 0 Å².